The van der Waals surface area contributed by atoms with Crippen molar-refractivity contribution in [1.29, 1.82) is 0 Å². The highest BCUT2D eigenvalue weighted by molar-refractivity contribution is 5.97. The number of esters is 1. The van der Waals surface area contributed by atoms with Crippen molar-refractivity contribution in [3.8, 4) is 0 Å². The van der Waals surface area contributed by atoms with Gasteiger partial charge < -0.3 is 38.1 Å². The monoisotopic (exact) mass is 936 g/mol. The summed E-state index contributed by atoms with van der Waals surface area (Å²) in [5, 5.41) is 0. The Morgan fingerprint density at radius 2 is 1.51 bits per heavy atom. The van der Waals surface area contributed by atoms with Gasteiger partial charge in [0.25, 0.3) is 5.91 Å². The summed E-state index contributed by atoms with van der Waals surface area (Å²) in [5.74, 6) is -3.52. The fourth-order valence-electron chi connectivity index (χ4n) is 10.9. The van der Waals surface area contributed by atoms with Gasteiger partial charge in [0.15, 0.2) is 5.78 Å². The summed E-state index contributed by atoms with van der Waals surface area (Å²) >= 11 is 0. The first-order chi connectivity index (χ1) is 31.8. The molecular weight excluding hydrogens is 851 g/mol. The van der Waals surface area contributed by atoms with Crippen molar-refractivity contribution in [2.75, 3.05) is 42.1 Å². The predicted molar refractivity (Wildman–Crippen MR) is 262 cm³/mol. The van der Waals surface area contributed by atoms with Gasteiger partial charge >= 0.3 is 5.97 Å². The fraction of sp³-hybridized carbons (Fsp3) is 0.709. The van der Waals surface area contributed by atoms with E-state index in [0.717, 1.165) is 49.7 Å². The molecule has 67 heavy (non-hydrogen) atoms. The third-order valence-electron chi connectivity index (χ3n) is 15.1. The van der Waals surface area contributed by atoms with Crippen LogP contribution in [-0.4, -0.2) is 119 Å². The number of hydrogen-bond acceptors (Lipinski definition) is 11. The molecule has 12 heteroatoms. The molecule has 2 bridgehead atoms. The largest absolute Gasteiger partial charge is 0.460 e. The number of methoxy groups -OCH3 is 5. The summed E-state index contributed by atoms with van der Waals surface area (Å²) in [7, 11) is 7.98. The number of carbonyl (C=O) groups excluding carboxylic acids is 4. The number of cyclic esters (lactones) is 1. The number of rotatable bonds is 8. The second kappa shape index (κ2) is 26.5. The van der Waals surface area contributed by atoms with Crippen molar-refractivity contribution in [2.45, 2.75) is 174 Å². The topological polar surface area (TPSA) is 136 Å². The van der Waals surface area contributed by atoms with E-state index in [1.54, 1.807) is 33.3 Å². The van der Waals surface area contributed by atoms with E-state index in [1.807, 2.05) is 71.9 Å². The first-order valence-electron chi connectivity index (χ1n) is 24.8. The lowest BCUT2D eigenvalue weighted by molar-refractivity contribution is -0.273. The fourth-order valence-corrected chi connectivity index (χ4v) is 10.9. The maximum atomic E-state index is 14.8. The van der Waals surface area contributed by atoms with E-state index in [0.29, 0.717) is 44.2 Å². The Morgan fingerprint density at radius 3 is 2.16 bits per heavy atom. The molecule has 4 aliphatic rings. The molecular formula is C55H85NO11. The zero-order valence-corrected chi connectivity index (χ0v) is 43.0. The number of Topliss-reactive ketones (excluding diaryl/α,β-unsaturated/α-hetero) is 2. The van der Waals surface area contributed by atoms with Gasteiger partial charge in [0.1, 0.15) is 30.1 Å². The summed E-state index contributed by atoms with van der Waals surface area (Å²) in [6.45, 7) is 22.6. The molecule has 1 saturated carbocycles. The minimum absolute atomic E-state index is 0.0308. The van der Waals surface area contributed by atoms with Crippen molar-refractivity contribution >= 4 is 23.4 Å². The Labute approximate surface area is 402 Å². The van der Waals surface area contributed by atoms with Gasteiger partial charge in [-0.15, -0.1) is 0 Å². The van der Waals surface area contributed by atoms with E-state index >= 15 is 0 Å². The van der Waals surface area contributed by atoms with Crippen LogP contribution in [0, 0.1) is 35.5 Å². The third-order valence-corrected chi connectivity index (χ3v) is 15.1. The average molecular weight is 936 g/mol. The Morgan fingerprint density at radius 1 is 0.806 bits per heavy atom. The number of nitrogens with zero attached hydrogens (tertiary/aromatic N) is 1. The predicted octanol–water partition coefficient (Wildman–Crippen LogP) is 9.67. The van der Waals surface area contributed by atoms with Crippen LogP contribution in [0.4, 0.5) is 0 Å². The molecule has 376 valence electrons. The number of amides is 1. The van der Waals surface area contributed by atoms with E-state index in [1.165, 1.54) is 7.11 Å². The highest BCUT2D eigenvalue weighted by atomic mass is 16.7. The van der Waals surface area contributed by atoms with Crippen molar-refractivity contribution in [3.05, 3.63) is 71.9 Å². The van der Waals surface area contributed by atoms with Crippen molar-refractivity contribution < 1.29 is 52.3 Å². The second-order valence-electron chi connectivity index (χ2n) is 20.1. The molecule has 4 rings (SSSR count). The van der Waals surface area contributed by atoms with Crippen LogP contribution < -0.4 is 0 Å². The molecule has 0 aromatic heterocycles. The number of hydrogen-bond donors (Lipinski definition) is 0. The van der Waals surface area contributed by atoms with Crippen LogP contribution in [0.3, 0.4) is 0 Å². The van der Waals surface area contributed by atoms with Crippen molar-refractivity contribution in [3.63, 3.8) is 0 Å². The van der Waals surface area contributed by atoms with Crippen LogP contribution in [0.5, 0.6) is 0 Å². The number of ketones is 2. The highest BCUT2D eigenvalue weighted by Gasteiger charge is 2.51. The molecule has 11 unspecified atom stereocenters. The minimum Gasteiger partial charge on any atom is -0.460 e. The molecule has 3 fully saturated rings. The third kappa shape index (κ3) is 14.5. The number of allylic oxidation sites excluding steroid dienone is 6. The molecule has 12 nitrogen and oxygen atoms in total. The zero-order chi connectivity index (χ0) is 49.6. The Hall–Kier alpha value is -3.52. The molecule has 14 atom stereocenters. The Balaban J connectivity index is 1.74. The molecule has 1 aliphatic carbocycles. The van der Waals surface area contributed by atoms with E-state index in [9.17, 15) is 19.2 Å². The smallest absolute Gasteiger partial charge is 0.329 e. The van der Waals surface area contributed by atoms with Gasteiger partial charge in [-0.2, -0.15) is 0 Å². The maximum Gasteiger partial charge on any atom is 0.329 e. The van der Waals surface area contributed by atoms with Crippen LogP contribution in [0.25, 0.3) is 0 Å². The maximum absolute atomic E-state index is 14.8. The first-order valence-corrected chi connectivity index (χ1v) is 24.8. The van der Waals surface area contributed by atoms with Gasteiger partial charge in [0, 0.05) is 72.7 Å². The number of ether oxygens (including phenoxy) is 7. The van der Waals surface area contributed by atoms with Crippen LogP contribution in [0.15, 0.2) is 71.9 Å². The number of carbonyl (C=O) groups is 4. The van der Waals surface area contributed by atoms with E-state index in [-0.39, 0.29) is 71.5 Å². The molecule has 0 radical (unpaired) electrons. The van der Waals surface area contributed by atoms with E-state index in [2.05, 4.69) is 26.2 Å². The molecule has 0 N–H and O–H groups in total. The van der Waals surface area contributed by atoms with Crippen molar-refractivity contribution in [1.82, 2.24) is 4.90 Å². The number of fused-ring (bicyclic) bond motifs is 3. The number of piperidine rings is 1. The molecule has 0 aromatic carbocycles. The molecule has 2 saturated heterocycles. The van der Waals surface area contributed by atoms with Crippen LogP contribution in [0.1, 0.15) is 126 Å². The quantitative estimate of drug-likeness (QED) is 0.131. The molecule has 0 aromatic rings. The van der Waals surface area contributed by atoms with Gasteiger partial charge in [-0.05, 0) is 113 Å². The molecule has 3 heterocycles. The molecule has 0 spiro atoms. The Kier molecular flexibility index (Phi) is 22.1. The van der Waals surface area contributed by atoms with Crippen LogP contribution in [0.2, 0.25) is 0 Å². The van der Waals surface area contributed by atoms with Crippen molar-refractivity contribution in [2.24, 2.45) is 35.5 Å². The summed E-state index contributed by atoms with van der Waals surface area (Å²) in [6.07, 6.45) is 16.6. The lowest BCUT2D eigenvalue weighted by Crippen LogP contribution is -2.57. The standard InChI is InChI=1S/C55H85NO11/c1-34-20-16-15-17-21-35(2)48(62-11)32-44-26-24-41(8)55(65-14,67-44)42(9)53(59)56-27-19-18-22-45(56)54(60)66-49(38(5)30-43-25-23-36(3)47(31-43)61-10)33-46(57)37(4)29-40(7)51(63-12)52(64-13)50(58)39(6)28-34/h15-17,20-21,29,34,37-39,41,43-45,47-49,51-52H,3,9,18-19,22-28,30-33H2,1-2,4-8,10-14H3/b17-15+,20-16+,35-21+,40-29+/t34?,37?,38?,39-,41-,43?,44?,45+,47?,48?,49?,51?,52?,55?/m1/s1. The van der Waals surface area contributed by atoms with Gasteiger partial charge in [0.05, 0.1) is 23.9 Å². The highest BCUT2D eigenvalue weighted by Crippen LogP contribution is 2.43. The van der Waals surface area contributed by atoms with Gasteiger partial charge in [-0.25, -0.2) is 4.79 Å². The van der Waals surface area contributed by atoms with Gasteiger partial charge in [0.2, 0.25) is 5.79 Å². The molecule has 3 aliphatic heterocycles. The lowest BCUT2D eigenvalue weighted by atomic mass is 9.78. The lowest BCUT2D eigenvalue weighted by Gasteiger charge is -2.47. The molecule has 1 amide bonds. The summed E-state index contributed by atoms with van der Waals surface area (Å²) in [4.78, 5) is 59.3. The van der Waals surface area contributed by atoms with Crippen LogP contribution in [-0.2, 0) is 52.3 Å². The van der Waals surface area contributed by atoms with Crippen LogP contribution >= 0.6 is 0 Å². The second-order valence-corrected chi connectivity index (χ2v) is 20.1. The summed E-state index contributed by atoms with van der Waals surface area (Å²) in [6, 6.07) is -0.886. The van der Waals surface area contributed by atoms with Gasteiger partial charge in [-0.3, -0.25) is 14.4 Å². The first kappa shape index (κ1) is 56.1. The van der Waals surface area contributed by atoms with E-state index in [4.69, 9.17) is 33.2 Å². The average Bonchev–Trinajstić information content (AvgIpc) is 3.31. The van der Waals surface area contributed by atoms with E-state index < -0.39 is 47.9 Å². The zero-order valence-electron chi connectivity index (χ0n) is 43.0. The SMILES string of the molecule is C=C1CCC(CC(C)C2CC(=O)C(C)/C=C(\C)C(OC)C(OC)C(=O)[C@H](C)CC(C)/C=C/C=C/C=C(\C)C(OC)CC3CC[C@@H](C)C(OC)(O3)C(=C)C(=O)N3CCCC[C@H]3C(=O)O2)CC1OC. The van der Waals surface area contributed by atoms with Gasteiger partial charge in [-0.1, -0.05) is 84.2 Å². The Bertz CT molecular complexity index is 1830. The minimum atomic E-state index is -1.42. The normalized spacial score (nSPS) is 38.5. The summed E-state index contributed by atoms with van der Waals surface area (Å²) in [5.41, 5.74) is 2.92. The summed E-state index contributed by atoms with van der Waals surface area (Å²) < 4.78 is 42.9.